The molecule has 1 fully saturated rings. The molecule has 1 atom stereocenters. The maximum absolute atomic E-state index is 13.9. The molecule has 33 heavy (non-hydrogen) atoms. The largest absolute Gasteiger partial charge is 0.478 e. The van der Waals surface area contributed by atoms with E-state index in [9.17, 15) is 14.0 Å². The van der Waals surface area contributed by atoms with Crippen molar-refractivity contribution < 1.29 is 23.5 Å². The fourth-order valence-electron chi connectivity index (χ4n) is 3.43. The van der Waals surface area contributed by atoms with Crippen LogP contribution in [0.4, 0.5) is 10.1 Å². The SMILES string of the molecule is CC(C)(C)OC(=O)C(Oc1cc(NC(=O)c2cccnc2F)ccc1C(C)(C)C)C1CNC1. The zero-order chi connectivity index (χ0) is 24.4. The van der Waals surface area contributed by atoms with E-state index in [4.69, 9.17) is 9.47 Å². The molecule has 1 aromatic carbocycles. The molecule has 0 bridgehead atoms. The van der Waals surface area contributed by atoms with Gasteiger partial charge in [0.2, 0.25) is 12.1 Å². The van der Waals surface area contributed by atoms with E-state index in [0.717, 1.165) is 5.56 Å². The Morgan fingerprint density at radius 3 is 2.39 bits per heavy atom. The van der Waals surface area contributed by atoms with Gasteiger partial charge in [0.15, 0.2) is 0 Å². The van der Waals surface area contributed by atoms with E-state index in [-0.39, 0.29) is 16.9 Å². The number of nitrogens with zero attached hydrogens (tertiary/aromatic N) is 1. The van der Waals surface area contributed by atoms with Gasteiger partial charge in [0, 0.05) is 37.0 Å². The van der Waals surface area contributed by atoms with E-state index in [1.54, 1.807) is 12.1 Å². The Kier molecular flexibility index (Phi) is 7.07. The average Bonchev–Trinajstić information content (AvgIpc) is 2.64. The van der Waals surface area contributed by atoms with Crippen LogP contribution in [0.15, 0.2) is 36.5 Å². The first-order valence-corrected chi connectivity index (χ1v) is 11.0. The number of hydrogen-bond acceptors (Lipinski definition) is 6. The summed E-state index contributed by atoms with van der Waals surface area (Å²) in [7, 11) is 0. The molecule has 178 valence electrons. The molecule has 2 aromatic rings. The molecule has 1 aliphatic rings. The molecular formula is C25H32FN3O4. The van der Waals surface area contributed by atoms with Crippen LogP contribution < -0.4 is 15.4 Å². The smallest absolute Gasteiger partial charge is 0.348 e. The zero-order valence-corrected chi connectivity index (χ0v) is 20.0. The van der Waals surface area contributed by atoms with Crippen molar-refractivity contribution in [3.63, 3.8) is 0 Å². The van der Waals surface area contributed by atoms with Gasteiger partial charge in [-0.2, -0.15) is 4.39 Å². The maximum atomic E-state index is 13.9. The lowest BCUT2D eigenvalue weighted by atomic mass is 9.86. The maximum Gasteiger partial charge on any atom is 0.348 e. The Bertz CT molecular complexity index is 1020. The van der Waals surface area contributed by atoms with Crippen molar-refractivity contribution in [2.75, 3.05) is 18.4 Å². The predicted octanol–water partition coefficient (Wildman–Crippen LogP) is 4.08. The number of halogens is 1. The lowest BCUT2D eigenvalue weighted by molar-refractivity contribution is -0.167. The molecular weight excluding hydrogens is 425 g/mol. The van der Waals surface area contributed by atoms with Crippen LogP contribution in [0.2, 0.25) is 0 Å². The number of rotatable bonds is 6. The summed E-state index contributed by atoms with van der Waals surface area (Å²) < 4.78 is 25.8. The van der Waals surface area contributed by atoms with Gasteiger partial charge < -0.3 is 20.1 Å². The predicted molar refractivity (Wildman–Crippen MR) is 124 cm³/mol. The average molecular weight is 458 g/mol. The minimum absolute atomic E-state index is 0.0320. The molecule has 0 aliphatic carbocycles. The Labute approximate surface area is 194 Å². The number of carbonyl (C=O) groups is 2. The van der Waals surface area contributed by atoms with Crippen molar-refractivity contribution in [1.82, 2.24) is 10.3 Å². The van der Waals surface area contributed by atoms with Crippen LogP contribution in [0.25, 0.3) is 0 Å². The minimum Gasteiger partial charge on any atom is -0.478 e. The number of hydrogen-bond donors (Lipinski definition) is 2. The first-order chi connectivity index (χ1) is 15.3. The van der Waals surface area contributed by atoms with Gasteiger partial charge in [-0.25, -0.2) is 9.78 Å². The van der Waals surface area contributed by atoms with Crippen molar-refractivity contribution in [3.8, 4) is 5.75 Å². The van der Waals surface area contributed by atoms with Crippen LogP contribution in [0.5, 0.6) is 5.75 Å². The Morgan fingerprint density at radius 2 is 1.85 bits per heavy atom. The summed E-state index contributed by atoms with van der Waals surface area (Å²) in [5, 5.41) is 5.85. The number of benzene rings is 1. The number of nitrogens with one attached hydrogen (secondary N) is 2. The summed E-state index contributed by atoms with van der Waals surface area (Å²) in [5.41, 5.74) is 0.192. The summed E-state index contributed by atoms with van der Waals surface area (Å²) in [5.74, 6) is -1.46. The summed E-state index contributed by atoms with van der Waals surface area (Å²) in [6, 6.07) is 8.09. The number of aromatic nitrogens is 1. The molecule has 2 heterocycles. The van der Waals surface area contributed by atoms with Crippen molar-refractivity contribution in [3.05, 3.63) is 53.6 Å². The second-order valence-corrected chi connectivity index (χ2v) is 10.2. The van der Waals surface area contributed by atoms with Crippen LogP contribution >= 0.6 is 0 Å². The van der Waals surface area contributed by atoms with E-state index in [0.29, 0.717) is 24.5 Å². The highest BCUT2D eigenvalue weighted by Gasteiger charge is 2.38. The first-order valence-electron chi connectivity index (χ1n) is 11.0. The van der Waals surface area contributed by atoms with Gasteiger partial charge in [-0.15, -0.1) is 0 Å². The number of anilines is 1. The van der Waals surface area contributed by atoms with E-state index in [1.165, 1.54) is 18.3 Å². The molecule has 2 N–H and O–H groups in total. The highest BCUT2D eigenvalue weighted by molar-refractivity contribution is 6.04. The van der Waals surface area contributed by atoms with Gasteiger partial charge in [0.1, 0.15) is 11.4 Å². The Morgan fingerprint density at radius 1 is 1.15 bits per heavy atom. The number of esters is 1. The second kappa shape index (κ2) is 9.47. The summed E-state index contributed by atoms with van der Waals surface area (Å²) in [4.78, 5) is 29.0. The monoisotopic (exact) mass is 457 g/mol. The van der Waals surface area contributed by atoms with Gasteiger partial charge in [0.25, 0.3) is 5.91 Å². The molecule has 1 amide bonds. The quantitative estimate of drug-likeness (QED) is 0.502. The number of ether oxygens (including phenoxy) is 2. The van der Waals surface area contributed by atoms with Gasteiger partial charge >= 0.3 is 5.97 Å². The number of amides is 1. The van der Waals surface area contributed by atoms with E-state index >= 15 is 0 Å². The van der Waals surface area contributed by atoms with Crippen LogP contribution in [0, 0.1) is 11.9 Å². The first kappa shape index (κ1) is 24.6. The van der Waals surface area contributed by atoms with Crippen molar-refractivity contribution in [1.29, 1.82) is 0 Å². The highest BCUT2D eigenvalue weighted by Crippen LogP contribution is 2.35. The lowest BCUT2D eigenvalue weighted by Gasteiger charge is -2.36. The molecule has 1 aromatic heterocycles. The fourth-order valence-corrected chi connectivity index (χ4v) is 3.43. The Hall–Kier alpha value is -3.00. The van der Waals surface area contributed by atoms with E-state index in [2.05, 4.69) is 15.6 Å². The van der Waals surface area contributed by atoms with E-state index < -0.39 is 29.5 Å². The van der Waals surface area contributed by atoms with Crippen LogP contribution in [-0.2, 0) is 14.9 Å². The van der Waals surface area contributed by atoms with E-state index in [1.807, 2.05) is 47.6 Å². The van der Waals surface area contributed by atoms with Gasteiger partial charge in [-0.05, 0) is 49.9 Å². The van der Waals surface area contributed by atoms with Crippen molar-refractivity contribution >= 4 is 17.6 Å². The summed E-state index contributed by atoms with van der Waals surface area (Å²) in [6.07, 6.45) is 0.482. The summed E-state index contributed by atoms with van der Waals surface area (Å²) >= 11 is 0. The third kappa shape index (κ3) is 6.28. The molecule has 0 saturated carbocycles. The van der Waals surface area contributed by atoms with Crippen LogP contribution in [0.3, 0.4) is 0 Å². The summed E-state index contributed by atoms with van der Waals surface area (Å²) in [6.45, 7) is 12.8. The molecule has 3 rings (SSSR count). The molecule has 8 heteroatoms. The standard InChI is InChI=1S/C25H32FN3O4/c1-24(2,3)18-10-9-16(29-22(30)17-8-7-11-28-21(17)26)12-19(18)32-20(15-13-27-14-15)23(31)33-25(4,5)6/h7-12,15,20,27H,13-14H2,1-6H3,(H,29,30). The third-order valence-corrected chi connectivity index (χ3v) is 5.19. The highest BCUT2D eigenvalue weighted by atomic mass is 19.1. The topological polar surface area (TPSA) is 89.5 Å². The van der Waals surface area contributed by atoms with Crippen LogP contribution in [0.1, 0.15) is 57.5 Å². The van der Waals surface area contributed by atoms with Gasteiger partial charge in [-0.3, -0.25) is 4.79 Å². The molecule has 1 unspecified atom stereocenters. The van der Waals surface area contributed by atoms with Crippen LogP contribution in [-0.4, -0.2) is 41.7 Å². The Balaban J connectivity index is 1.91. The molecule has 7 nitrogen and oxygen atoms in total. The molecule has 0 spiro atoms. The number of carbonyl (C=O) groups excluding carboxylic acids is 2. The zero-order valence-electron chi connectivity index (χ0n) is 20.0. The minimum atomic E-state index is -0.847. The number of pyridine rings is 1. The van der Waals surface area contributed by atoms with Crippen molar-refractivity contribution in [2.24, 2.45) is 5.92 Å². The lowest BCUT2D eigenvalue weighted by Crippen LogP contribution is -2.54. The second-order valence-electron chi connectivity index (χ2n) is 10.2. The molecule has 1 saturated heterocycles. The third-order valence-electron chi connectivity index (χ3n) is 5.19. The molecule has 1 aliphatic heterocycles. The van der Waals surface area contributed by atoms with Gasteiger partial charge in [-0.1, -0.05) is 26.8 Å². The fraction of sp³-hybridized carbons (Fsp3) is 0.480. The van der Waals surface area contributed by atoms with Gasteiger partial charge in [0.05, 0.1) is 5.56 Å². The molecule has 0 radical (unpaired) electrons. The van der Waals surface area contributed by atoms with Crippen molar-refractivity contribution in [2.45, 2.75) is 58.7 Å². The normalized spacial score (nSPS) is 15.4.